The van der Waals surface area contributed by atoms with Crippen molar-refractivity contribution in [1.82, 2.24) is 19.9 Å². The smallest absolute Gasteiger partial charge is 0.223 e. The third-order valence-corrected chi connectivity index (χ3v) is 3.92. The maximum atomic E-state index is 5.69. The molecule has 96 valence electrons. The standard InChI is InChI=1S/C13H13N5S/c1-8-4-2-3-5-9(8)6-19-12-10-11(16-7-15-10)17-13(14)18-12/h2-5,7H,6H2,1H3,(H3,14,15,16,17,18). The van der Waals surface area contributed by atoms with Crippen LogP contribution in [0.5, 0.6) is 0 Å². The Morgan fingerprint density at radius 2 is 2.11 bits per heavy atom. The molecule has 0 saturated carbocycles. The van der Waals surface area contributed by atoms with Crippen LogP contribution >= 0.6 is 11.8 Å². The molecule has 2 heterocycles. The number of hydrogen-bond donors (Lipinski definition) is 2. The molecule has 3 N–H and O–H groups in total. The highest BCUT2D eigenvalue weighted by Crippen LogP contribution is 2.27. The molecule has 0 unspecified atom stereocenters. The molecule has 0 aliphatic rings. The van der Waals surface area contributed by atoms with Crippen LogP contribution in [-0.2, 0) is 5.75 Å². The summed E-state index contributed by atoms with van der Waals surface area (Å²) in [6.07, 6.45) is 1.61. The first kappa shape index (κ1) is 12.0. The Bertz CT molecular complexity index is 722. The summed E-state index contributed by atoms with van der Waals surface area (Å²) in [5.74, 6) is 1.10. The fourth-order valence-electron chi connectivity index (χ4n) is 1.85. The van der Waals surface area contributed by atoms with Crippen molar-refractivity contribution in [3.05, 3.63) is 41.7 Å². The van der Waals surface area contributed by atoms with Crippen molar-refractivity contribution in [2.45, 2.75) is 17.7 Å². The van der Waals surface area contributed by atoms with Gasteiger partial charge in [0.1, 0.15) is 10.5 Å². The first-order valence-electron chi connectivity index (χ1n) is 5.88. The lowest BCUT2D eigenvalue weighted by atomic mass is 10.1. The van der Waals surface area contributed by atoms with Crippen LogP contribution in [0.15, 0.2) is 35.6 Å². The summed E-state index contributed by atoms with van der Waals surface area (Å²) in [7, 11) is 0. The van der Waals surface area contributed by atoms with Crippen LogP contribution in [0.2, 0.25) is 0 Å². The topological polar surface area (TPSA) is 80.5 Å². The van der Waals surface area contributed by atoms with Crippen molar-refractivity contribution in [1.29, 1.82) is 0 Å². The van der Waals surface area contributed by atoms with Gasteiger partial charge in [0.05, 0.1) is 6.33 Å². The Hall–Kier alpha value is -2.08. The third-order valence-electron chi connectivity index (χ3n) is 2.90. The van der Waals surface area contributed by atoms with E-state index in [1.807, 2.05) is 12.1 Å². The summed E-state index contributed by atoms with van der Waals surface area (Å²) in [5, 5.41) is 0.836. The Morgan fingerprint density at radius 1 is 1.26 bits per heavy atom. The number of thioether (sulfide) groups is 1. The Labute approximate surface area is 114 Å². The number of nitrogens with one attached hydrogen (secondary N) is 1. The molecule has 0 radical (unpaired) electrons. The number of nitrogens with zero attached hydrogens (tertiary/aromatic N) is 3. The van der Waals surface area contributed by atoms with E-state index in [0.717, 1.165) is 16.3 Å². The predicted octanol–water partition coefficient (Wildman–Crippen LogP) is 2.54. The number of nitrogens with two attached hydrogens (primary N) is 1. The Kier molecular flexibility index (Phi) is 3.08. The molecule has 0 fully saturated rings. The van der Waals surface area contributed by atoms with E-state index in [-0.39, 0.29) is 5.95 Å². The van der Waals surface area contributed by atoms with E-state index >= 15 is 0 Å². The molecule has 0 aliphatic heterocycles. The number of H-pyrrole nitrogens is 1. The number of fused-ring (bicyclic) bond motifs is 1. The molecule has 3 aromatic rings. The number of imidazole rings is 1. The fraction of sp³-hybridized carbons (Fsp3) is 0.154. The third kappa shape index (κ3) is 2.39. The molecule has 2 aromatic heterocycles. The van der Waals surface area contributed by atoms with E-state index in [9.17, 15) is 0 Å². The number of anilines is 1. The van der Waals surface area contributed by atoms with Crippen LogP contribution in [0.1, 0.15) is 11.1 Å². The van der Waals surface area contributed by atoms with E-state index in [4.69, 9.17) is 5.73 Å². The second-order valence-electron chi connectivity index (χ2n) is 4.20. The van der Waals surface area contributed by atoms with Gasteiger partial charge in [-0.05, 0) is 18.1 Å². The van der Waals surface area contributed by atoms with E-state index < -0.39 is 0 Å². The van der Waals surface area contributed by atoms with Gasteiger partial charge >= 0.3 is 0 Å². The van der Waals surface area contributed by atoms with Gasteiger partial charge in [-0.15, -0.1) is 0 Å². The highest BCUT2D eigenvalue weighted by atomic mass is 32.2. The molecule has 0 atom stereocenters. The zero-order chi connectivity index (χ0) is 13.2. The van der Waals surface area contributed by atoms with Gasteiger partial charge in [0.15, 0.2) is 5.65 Å². The lowest BCUT2D eigenvalue weighted by Crippen LogP contribution is -1.97. The number of rotatable bonds is 3. The average Bonchev–Trinajstić information content (AvgIpc) is 2.85. The highest BCUT2D eigenvalue weighted by Gasteiger charge is 2.09. The van der Waals surface area contributed by atoms with Crippen molar-refractivity contribution in [3.8, 4) is 0 Å². The largest absolute Gasteiger partial charge is 0.368 e. The van der Waals surface area contributed by atoms with Crippen molar-refractivity contribution in [2.75, 3.05) is 5.73 Å². The molecule has 3 rings (SSSR count). The van der Waals surface area contributed by atoms with Gasteiger partial charge in [0.2, 0.25) is 5.95 Å². The minimum absolute atomic E-state index is 0.256. The van der Waals surface area contributed by atoms with Gasteiger partial charge in [0.25, 0.3) is 0 Å². The summed E-state index contributed by atoms with van der Waals surface area (Å²) >= 11 is 1.63. The normalized spacial score (nSPS) is 11.0. The van der Waals surface area contributed by atoms with E-state index in [1.165, 1.54) is 11.1 Å². The quantitative estimate of drug-likeness (QED) is 0.565. The van der Waals surface area contributed by atoms with Gasteiger partial charge < -0.3 is 10.7 Å². The Morgan fingerprint density at radius 3 is 2.95 bits per heavy atom. The number of nitrogen functional groups attached to an aromatic ring is 1. The van der Waals surface area contributed by atoms with E-state index in [1.54, 1.807) is 18.1 Å². The van der Waals surface area contributed by atoms with Crippen molar-refractivity contribution in [3.63, 3.8) is 0 Å². The molecular weight excluding hydrogens is 258 g/mol. The first-order chi connectivity index (χ1) is 9.24. The van der Waals surface area contributed by atoms with Crippen LogP contribution in [0.3, 0.4) is 0 Å². The molecule has 5 nitrogen and oxygen atoms in total. The van der Waals surface area contributed by atoms with Crippen LogP contribution in [-0.4, -0.2) is 19.9 Å². The predicted molar refractivity (Wildman–Crippen MR) is 76.8 cm³/mol. The van der Waals surface area contributed by atoms with Gasteiger partial charge in [-0.3, -0.25) is 0 Å². The highest BCUT2D eigenvalue weighted by molar-refractivity contribution is 7.98. The lowest BCUT2D eigenvalue weighted by Gasteiger charge is -2.05. The Balaban J connectivity index is 1.90. The molecule has 0 bridgehead atoms. The minimum Gasteiger partial charge on any atom is -0.368 e. The molecule has 0 spiro atoms. The molecule has 19 heavy (non-hydrogen) atoms. The van der Waals surface area contributed by atoms with Crippen LogP contribution in [0.25, 0.3) is 11.2 Å². The number of hydrogen-bond acceptors (Lipinski definition) is 5. The average molecular weight is 271 g/mol. The minimum atomic E-state index is 0.256. The number of benzene rings is 1. The summed E-state index contributed by atoms with van der Waals surface area (Å²) in [4.78, 5) is 15.5. The number of aromatic nitrogens is 4. The second-order valence-corrected chi connectivity index (χ2v) is 5.17. The fourth-order valence-corrected chi connectivity index (χ4v) is 2.91. The van der Waals surface area contributed by atoms with Gasteiger partial charge in [0, 0.05) is 5.75 Å². The summed E-state index contributed by atoms with van der Waals surface area (Å²) < 4.78 is 0. The molecule has 1 aromatic carbocycles. The second kappa shape index (κ2) is 4.89. The van der Waals surface area contributed by atoms with Crippen LogP contribution < -0.4 is 5.73 Å². The number of aromatic amines is 1. The van der Waals surface area contributed by atoms with Crippen molar-refractivity contribution in [2.24, 2.45) is 0 Å². The molecule has 0 saturated heterocycles. The van der Waals surface area contributed by atoms with Crippen molar-refractivity contribution < 1.29 is 0 Å². The SMILES string of the molecule is Cc1ccccc1CSc1nc(N)nc2nc[nH]c12. The zero-order valence-corrected chi connectivity index (χ0v) is 11.2. The van der Waals surface area contributed by atoms with Gasteiger partial charge in [-0.25, -0.2) is 9.97 Å². The first-order valence-corrected chi connectivity index (χ1v) is 6.86. The molecular formula is C13H13N5S. The molecule has 6 heteroatoms. The monoisotopic (exact) mass is 271 g/mol. The van der Waals surface area contributed by atoms with Crippen molar-refractivity contribution >= 4 is 28.9 Å². The number of aryl methyl sites for hydroxylation is 1. The summed E-state index contributed by atoms with van der Waals surface area (Å²) in [6.45, 7) is 2.11. The van der Waals surface area contributed by atoms with E-state index in [2.05, 4.69) is 39.0 Å². The maximum Gasteiger partial charge on any atom is 0.223 e. The van der Waals surface area contributed by atoms with Crippen LogP contribution in [0.4, 0.5) is 5.95 Å². The van der Waals surface area contributed by atoms with E-state index in [0.29, 0.717) is 5.65 Å². The lowest BCUT2D eigenvalue weighted by molar-refractivity contribution is 1.10. The maximum absolute atomic E-state index is 5.69. The molecule has 0 amide bonds. The molecule has 0 aliphatic carbocycles. The zero-order valence-electron chi connectivity index (χ0n) is 10.4. The van der Waals surface area contributed by atoms with Gasteiger partial charge in [-0.2, -0.15) is 4.98 Å². The summed E-state index contributed by atoms with van der Waals surface area (Å²) in [5.41, 5.74) is 9.71. The van der Waals surface area contributed by atoms with Crippen LogP contribution in [0, 0.1) is 6.92 Å². The summed E-state index contributed by atoms with van der Waals surface area (Å²) in [6, 6.07) is 8.31. The van der Waals surface area contributed by atoms with Gasteiger partial charge in [-0.1, -0.05) is 36.0 Å².